The first-order valence-corrected chi connectivity index (χ1v) is 26.0. The molecule has 15 heteroatoms. The molecule has 2 aromatic rings. The summed E-state index contributed by atoms with van der Waals surface area (Å²) in [5.74, 6) is 0.402. The van der Waals surface area contributed by atoms with Crippen molar-refractivity contribution in [1.29, 1.82) is 0 Å². The number of aliphatic imine (C=N–C) groups is 1. The molecule has 0 bridgehead atoms. The molecule has 1 N–H and O–H groups in total. The summed E-state index contributed by atoms with van der Waals surface area (Å²) >= 11 is 0. The molecule has 0 radical (unpaired) electrons. The van der Waals surface area contributed by atoms with E-state index in [0.717, 1.165) is 54.3 Å². The lowest BCUT2D eigenvalue weighted by molar-refractivity contribution is -0.188. The van der Waals surface area contributed by atoms with Gasteiger partial charge >= 0.3 is 5.97 Å². The number of ketones is 1. The van der Waals surface area contributed by atoms with Crippen molar-refractivity contribution in [3.63, 3.8) is 0 Å². The Labute approximate surface area is 429 Å². The third kappa shape index (κ3) is 50.5. The molecule has 3 rings (SSSR count). The highest BCUT2D eigenvalue weighted by atomic mass is 16.7. The van der Waals surface area contributed by atoms with E-state index in [4.69, 9.17) is 33.4 Å². The minimum atomic E-state index is -0.713. The molecule has 414 valence electrons. The van der Waals surface area contributed by atoms with Gasteiger partial charge in [0, 0.05) is 63.6 Å². The number of pyridine rings is 1. The second-order valence-electron chi connectivity index (χ2n) is 15.7. The van der Waals surface area contributed by atoms with Crippen molar-refractivity contribution in [2.45, 2.75) is 222 Å². The summed E-state index contributed by atoms with van der Waals surface area (Å²) in [7, 11) is 7.55. The second-order valence-corrected chi connectivity index (χ2v) is 15.7. The van der Waals surface area contributed by atoms with Crippen LogP contribution in [-0.4, -0.2) is 115 Å². The Hall–Kier alpha value is -3.89. The number of rotatable bonds is 17. The Bertz CT molecular complexity index is 1460. The third-order valence-corrected chi connectivity index (χ3v) is 8.37. The summed E-state index contributed by atoms with van der Waals surface area (Å²) in [6, 6.07) is 6.14. The van der Waals surface area contributed by atoms with Crippen molar-refractivity contribution >= 4 is 29.1 Å². The average Bonchev–Trinajstić information content (AvgIpc) is 3.91. The van der Waals surface area contributed by atoms with Gasteiger partial charge in [0.05, 0.1) is 37.3 Å². The molecule has 0 aromatic carbocycles. The Kier molecular flexibility index (Phi) is 66.1. The highest BCUT2D eigenvalue weighted by molar-refractivity contribution is 5.98. The minimum Gasteiger partial charge on any atom is -0.465 e. The fourth-order valence-corrected chi connectivity index (χ4v) is 4.61. The van der Waals surface area contributed by atoms with E-state index >= 15 is 0 Å². The molecule has 0 saturated carbocycles. The van der Waals surface area contributed by atoms with E-state index in [2.05, 4.69) is 67.0 Å². The number of amides is 1. The van der Waals surface area contributed by atoms with Crippen molar-refractivity contribution in [1.82, 2.24) is 15.0 Å². The largest absolute Gasteiger partial charge is 0.465 e. The molecule has 1 fully saturated rings. The molecule has 5 atom stereocenters. The smallest absolute Gasteiger partial charge is 0.316 e. The van der Waals surface area contributed by atoms with E-state index < -0.39 is 18.0 Å². The number of ether oxygens (including phenoxy) is 4. The number of aliphatic hydroxyl groups excluding tert-OH is 1. The van der Waals surface area contributed by atoms with Gasteiger partial charge in [-0.25, -0.2) is 4.99 Å². The van der Waals surface area contributed by atoms with E-state index in [0.29, 0.717) is 50.1 Å². The highest BCUT2D eigenvalue weighted by Gasteiger charge is 2.28. The summed E-state index contributed by atoms with van der Waals surface area (Å²) in [5, 5.41) is 16.7. The fourth-order valence-electron chi connectivity index (χ4n) is 4.61. The molecule has 1 aliphatic heterocycles. The van der Waals surface area contributed by atoms with Gasteiger partial charge in [-0.1, -0.05) is 134 Å². The molecule has 1 aliphatic rings. The zero-order valence-electron chi connectivity index (χ0n) is 49.6. The summed E-state index contributed by atoms with van der Waals surface area (Å²) in [4.78, 5) is 48.7. The third-order valence-electron chi connectivity index (χ3n) is 8.37. The van der Waals surface area contributed by atoms with Gasteiger partial charge in [0.2, 0.25) is 5.91 Å². The van der Waals surface area contributed by atoms with Crippen LogP contribution in [0.5, 0.6) is 0 Å². The summed E-state index contributed by atoms with van der Waals surface area (Å²) in [6.45, 7) is 44.2. The number of esters is 1. The number of oxime groups is 1. The first-order chi connectivity index (χ1) is 33.2. The van der Waals surface area contributed by atoms with Gasteiger partial charge in [-0.3, -0.25) is 19.4 Å². The lowest BCUT2D eigenvalue weighted by Crippen LogP contribution is -2.42. The molecule has 70 heavy (non-hydrogen) atoms. The van der Waals surface area contributed by atoms with Crippen LogP contribution in [0.3, 0.4) is 0 Å². The monoisotopic (exact) mass is 1000 g/mol. The minimum absolute atomic E-state index is 0.0128. The summed E-state index contributed by atoms with van der Waals surface area (Å²) < 4.78 is 25.7. The van der Waals surface area contributed by atoms with Crippen LogP contribution in [0.25, 0.3) is 11.5 Å². The molecule has 15 nitrogen and oxygen atoms in total. The quantitative estimate of drug-likeness (QED) is 0.0684. The Balaban J connectivity index is -0.000000143. The number of Topliss-reactive ketones (excluding diaryl/α,β-unsaturated/α-hetero) is 1. The predicted octanol–water partition coefficient (Wildman–Crippen LogP) is 13.5. The van der Waals surface area contributed by atoms with Crippen LogP contribution < -0.4 is 0 Å². The summed E-state index contributed by atoms with van der Waals surface area (Å²) in [5.41, 5.74) is 3.45. The number of aromatic nitrogens is 2. The summed E-state index contributed by atoms with van der Waals surface area (Å²) in [6.07, 6.45) is 7.37. The van der Waals surface area contributed by atoms with Crippen LogP contribution in [0, 0.1) is 17.8 Å². The van der Waals surface area contributed by atoms with Crippen LogP contribution >= 0.6 is 0 Å². The van der Waals surface area contributed by atoms with Crippen molar-refractivity contribution in [2.24, 2.45) is 27.9 Å². The molecular weight excluding hydrogens is 891 g/mol. The lowest BCUT2D eigenvalue weighted by Gasteiger charge is -2.36. The van der Waals surface area contributed by atoms with Gasteiger partial charge in [0.1, 0.15) is 24.0 Å². The van der Waals surface area contributed by atoms with Crippen molar-refractivity contribution < 1.29 is 47.8 Å². The van der Waals surface area contributed by atoms with Gasteiger partial charge in [-0.15, -0.1) is 0 Å². The van der Waals surface area contributed by atoms with Gasteiger partial charge in [0.25, 0.3) is 0 Å². The first-order valence-electron chi connectivity index (χ1n) is 26.0. The van der Waals surface area contributed by atoms with E-state index in [-0.39, 0.29) is 24.4 Å². The van der Waals surface area contributed by atoms with Gasteiger partial charge in [0.15, 0.2) is 12.1 Å². The van der Waals surface area contributed by atoms with Crippen LogP contribution in [0.2, 0.25) is 0 Å². The molecule has 1 saturated heterocycles. The van der Waals surface area contributed by atoms with E-state index in [1.165, 1.54) is 6.92 Å². The molecular formula is C55H109N5O10. The number of carbonyl (C=O) groups excluding carboxylic acids is 3. The lowest BCUT2D eigenvalue weighted by atomic mass is 10.0. The molecule has 0 aliphatic carbocycles. The normalized spacial score (nSPS) is 15.3. The number of aliphatic hydroxyl groups is 1. The maximum absolute atomic E-state index is 11.4. The number of nitrogens with zero attached hydrogens (tertiary/aromatic N) is 5. The fraction of sp³-hybridized carbons (Fsp3) is 0.764. The molecule has 0 spiro atoms. The molecule has 2 aromatic heterocycles. The van der Waals surface area contributed by atoms with Crippen molar-refractivity contribution in [2.75, 3.05) is 41.5 Å². The van der Waals surface area contributed by atoms with Crippen LogP contribution in [0.1, 0.15) is 196 Å². The standard InChI is InChI=1S/C14H17N3O3.C11H20O4.C9H19NO2.C7H13NO.C4H10.5C2H6/c1-3-12(10-18-2)17-19-9-11-4-5-13(15-8-11)14-6-7-16-20-14;1-4-7-15-11(14)9(3)10(13)6-5-8(2)12;1-7-5-8(10(2)3)6-9(11-4)12-7;1-5(2)6(3)8-7(4)9;1-4(2)3;5*1-2/h4-8H,3,9-10H2,1-2H3;8-9,12H,4-7H2,1-3H3;7-9H,5-6H2,1-4H3;5H,1-4H3;4H,1-3H3;5*1-2H3/b17-12-;;;;;;;;;. The van der Waals surface area contributed by atoms with Crippen LogP contribution in [-0.2, 0) is 44.8 Å². The Morgan fingerprint density at radius 2 is 1.43 bits per heavy atom. The second kappa shape index (κ2) is 57.7. The molecule has 1 amide bonds. The highest BCUT2D eigenvalue weighted by Crippen LogP contribution is 2.22. The van der Waals surface area contributed by atoms with Crippen molar-refractivity contribution in [3.8, 4) is 11.5 Å². The number of hydrogen-bond acceptors (Lipinski definition) is 14. The predicted molar refractivity (Wildman–Crippen MR) is 294 cm³/mol. The van der Waals surface area contributed by atoms with Crippen molar-refractivity contribution in [3.05, 3.63) is 36.2 Å². The zero-order valence-corrected chi connectivity index (χ0v) is 49.6. The topological polar surface area (TPSA) is 184 Å². The van der Waals surface area contributed by atoms with E-state index in [9.17, 15) is 14.4 Å². The SMILES string of the molecule is CC.CC.CC.CC.CC.CC(=O)N=C(C)C(C)C.CC(C)C.CC/C(COC)=N/OCc1ccc(-c2ccno2)nc1.CCCOC(=O)C(C)C(=O)CCC(C)O.COC1CC(N(C)C)CC(C)O1. The van der Waals surface area contributed by atoms with Gasteiger partial charge < -0.3 is 38.3 Å². The average molecular weight is 1000 g/mol. The van der Waals surface area contributed by atoms with Crippen LogP contribution in [0.15, 0.2) is 45.3 Å². The number of hydrogen-bond donors (Lipinski definition) is 1. The first kappa shape index (κ1) is 80.2. The van der Waals surface area contributed by atoms with Gasteiger partial charge in [-0.05, 0) is 85.4 Å². The van der Waals surface area contributed by atoms with E-state index in [1.54, 1.807) is 46.5 Å². The number of methoxy groups -OCH3 is 2. The number of carbonyl (C=O) groups is 3. The van der Waals surface area contributed by atoms with Crippen LogP contribution in [0.4, 0.5) is 0 Å². The van der Waals surface area contributed by atoms with E-state index in [1.807, 2.05) is 116 Å². The van der Waals surface area contributed by atoms with Gasteiger partial charge in [-0.2, -0.15) is 0 Å². The Morgan fingerprint density at radius 1 is 0.871 bits per heavy atom. The molecule has 5 unspecified atom stereocenters. The maximum Gasteiger partial charge on any atom is 0.316 e. The molecule has 3 heterocycles. The Morgan fingerprint density at radius 3 is 1.80 bits per heavy atom. The maximum atomic E-state index is 11.4. The zero-order chi connectivity index (χ0) is 56.2.